The fourth-order valence-corrected chi connectivity index (χ4v) is 6.76. The van der Waals surface area contributed by atoms with Gasteiger partial charge in [-0.2, -0.15) is 0 Å². The SMILES string of the molecule is CC(N)COP(=O)(OCC(C)N)P(=O)(OC(C)CN)OC(C)CN. The first kappa shape index (κ1) is 24.1. The van der Waals surface area contributed by atoms with E-state index >= 15 is 0 Å². The molecule has 0 aromatic carbocycles. The van der Waals surface area contributed by atoms with Crippen LogP contribution in [0.5, 0.6) is 0 Å². The molecule has 0 aromatic rings. The summed E-state index contributed by atoms with van der Waals surface area (Å²) in [5.74, 6) is 0. The Kier molecular flexibility index (Phi) is 11.0. The van der Waals surface area contributed by atoms with Gasteiger partial charge in [0.1, 0.15) is 0 Å². The van der Waals surface area contributed by atoms with Gasteiger partial charge >= 0.3 is 14.6 Å². The highest BCUT2D eigenvalue weighted by Crippen LogP contribution is 2.84. The molecule has 0 saturated carbocycles. The second kappa shape index (κ2) is 11.0. The topological polar surface area (TPSA) is 175 Å². The van der Waals surface area contributed by atoms with Gasteiger partial charge in [-0.1, -0.05) is 0 Å². The molecule has 0 fully saturated rings. The van der Waals surface area contributed by atoms with Crippen LogP contribution in [-0.2, 0) is 27.2 Å². The van der Waals surface area contributed by atoms with Crippen LogP contribution in [0.4, 0.5) is 0 Å². The van der Waals surface area contributed by atoms with Crippen molar-refractivity contribution >= 4 is 14.6 Å². The van der Waals surface area contributed by atoms with Crippen molar-refractivity contribution in [3.63, 3.8) is 0 Å². The van der Waals surface area contributed by atoms with E-state index in [2.05, 4.69) is 0 Å². The van der Waals surface area contributed by atoms with Gasteiger partial charge in [0.2, 0.25) is 0 Å². The normalized spacial score (nSPS) is 22.2. The molecule has 0 aliphatic carbocycles. The lowest BCUT2D eigenvalue weighted by Crippen LogP contribution is -2.27. The van der Waals surface area contributed by atoms with Crippen LogP contribution in [0.25, 0.3) is 0 Å². The molecule has 10 nitrogen and oxygen atoms in total. The lowest BCUT2D eigenvalue weighted by atomic mass is 10.4. The average molecular weight is 390 g/mol. The molecule has 0 aromatic heterocycles. The summed E-state index contributed by atoms with van der Waals surface area (Å²) in [4.78, 5) is 0. The zero-order chi connectivity index (χ0) is 19.0. The number of hydrogen-bond acceptors (Lipinski definition) is 10. The van der Waals surface area contributed by atoms with E-state index in [9.17, 15) is 9.13 Å². The predicted molar refractivity (Wildman–Crippen MR) is 93.6 cm³/mol. The summed E-state index contributed by atoms with van der Waals surface area (Å²) in [6.45, 7) is 6.12. The van der Waals surface area contributed by atoms with E-state index in [0.29, 0.717) is 0 Å². The summed E-state index contributed by atoms with van der Waals surface area (Å²) in [7, 11) is -8.70. The molecule has 0 rings (SSSR count). The summed E-state index contributed by atoms with van der Waals surface area (Å²) in [6, 6.07) is -0.936. The molecule has 0 saturated heterocycles. The van der Waals surface area contributed by atoms with Crippen LogP contribution >= 0.6 is 14.6 Å². The maximum Gasteiger partial charge on any atom is 0.441 e. The van der Waals surface area contributed by atoms with Crippen molar-refractivity contribution in [2.45, 2.75) is 52.0 Å². The van der Waals surface area contributed by atoms with Crippen molar-refractivity contribution < 1.29 is 27.2 Å². The van der Waals surface area contributed by atoms with Crippen LogP contribution in [0.1, 0.15) is 27.7 Å². The minimum atomic E-state index is -4.36. The van der Waals surface area contributed by atoms with Crippen molar-refractivity contribution in [2.24, 2.45) is 22.9 Å². The Morgan fingerprint density at radius 1 is 0.750 bits per heavy atom. The number of rotatable bonds is 13. The van der Waals surface area contributed by atoms with Gasteiger partial charge in [0.05, 0.1) is 25.4 Å². The molecule has 24 heavy (non-hydrogen) atoms. The standard InChI is InChI=1S/C12H32N4O6P2/c1-9(15)7-19-23(17,20-8-10(2)16)24(18,21-11(3)5-13)22-12(4)6-14/h9-12H,5-8,13-16H2,1-4H3. The Morgan fingerprint density at radius 2 is 1.08 bits per heavy atom. The van der Waals surface area contributed by atoms with E-state index in [0.717, 1.165) is 0 Å². The molecule has 4 atom stereocenters. The van der Waals surface area contributed by atoms with Crippen LogP contribution in [0.3, 0.4) is 0 Å². The van der Waals surface area contributed by atoms with E-state index in [1.165, 1.54) is 0 Å². The molecule has 0 spiro atoms. The largest absolute Gasteiger partial charge is 0.441 e. The Labute approximate surface area is 143 Å². The van der Waals surface area contributed by atoms with Crippen LogP contribution < -0.4 is 22.9 Å². The van der Waals surface area contributed by atoms with Gasteiger partial charge in [0.15, 0.2) is 0 Å². The molecular formula is C12H32N4O6P2. The zero-order valence-corrected chi connectivity index (χ0v) is 16.6. The van der Waals surface area contributed by atoms with E-state index in [1.807, 2.05) is 0 Å². The van der Waals surface area contributed by atoms with Crippen LogP contribution in [-0.4, -0.2) is 50.6 Å². The molecule has 0 amide bonds. The molecule has 146 valence electrons. The molecule has 8 N–H and O–H groups in total. The van der Waals surface area contributed by atoms with Gasteiger partial charge < -0.3 is 22.9 Å². The van der Waals surface area contributed by atoms with Gasteiger partial charge in [0.25, 0.3) is 0 Å². The number of nitrogens with two attached hydrogens (primary N) is 4. The molecule has 0 bridgehead atoms. The predicted octanol–water partition coefficient (Wildman–Crippen LogP) is 0.743. The Hall–Kier alpha value is 0.140. The third-order valence-corrected chi connectivity index (χ3v) is 8.45. The van der Waals surface area contributed by atoms with Gasteiger partial charge in [0, 0.05) is 25.2 Å². The number of hydrogen-bond donors (Lipinski definition) is 4. The summed E-state index contributed by atoms with van der Waals surface area (Å²) in [5, 5.41) is 0. The van der Waals surface area contributed by atoms with Crippen molar-refractivity contribution in [3.05, 3.63) is 0 Å². The Balaban J connectivity index is 5.66. The maximum atomic E-state index is 13.2. The lowest BCUT2D eigenvalue weighted by molar-refractivity contribution is 0.127. The first-order chi connectivity index (χ1) is 11.0. The maximum absolute atomic E-state index is 13.2. The van der Waals surface area contributed by atoms with Crippen LogP contribution in [0.2, 0.25) is 0 Å². The van der Waals surface area contributed by atoms with Gasteiger partial charge in [-0.15, -0.1) is 0 Å². The van der Waals surface area contributed by atoms with E-state index in [4.69, 9.17) is 41.0 Å². The van der Waals surface area contributed by atoms with Crippen molar-refractivity contribution in [1.82, 2.24) is 0 Å². The molecule has 0 aliphatic heterocycles. The third-order valence-electron chi connectivity index (χ3n) is 2.59. The fraction of sp³-hybridized carbons (Fsp3) is 1.00. The van der Waals surface area contributed by atoms with Crippen molar-refractivity contribution in [2.75, 3.05) is 26.3 Å². The summed E-state index contributed by atoms with van der Waals surface area (Å²) in [5.41, 5.74) is 22.2. The molecule has 4 unspecified atom stereocenters. The monoisotopic (exact) mass is 390 g/mol. The van der Waals surface area contributed by atoms with E-state index in [-0.39, 0.29) is 26.3 Å². The Morgan fingerprint density at radius 3 is 1.33 bits per heavy atom. The Bertz CT molecular complexity index is 419. The quantitative estimate of drug-likeness (QED) is 0.328. The molecule has 0 heterocycles. The second-order valence-corrected chi connectivity index (χ2v) is 11.5. The van der Waals surface area contributed by atoms with Gasteiger partial charge in [-0.3, -0.25) is 18.1 Å². The van der Waals surface area contributed by atoms with Gasteiger partial charge in [-0.25, -0.2) is 9.13 Å². The second-order valence-electron chi connectivity index (χ2n) is 5.79. The van der Waals surface area contributed by atoms with Crippen LogP contribution in [0.15, 0.2) is 0 Å². The van der Waals surface area contributed by atoms with Gasteiger partial charge in [-0.05, 0) is 27.7 Å². The molecule has 12 heteroatoms. The van der Waals surface area contributed by atoms with Crippen LogP contribution in [0, 0.1) is 0 Å². The third kappa shape index (κ3) is 8.01. The zero-order valence-electron chi connectivity index (χ0n) is 14.8. The first-order valence-corrected chi connectivity index (χ1v) is 11.6. The molecular weight excluding hydrogens is 358 g/mol. The van der Waals surface area contributed by atoms with E-state index in [1.54, 1.807) is 27.7 Å². The molecule has 0 aliphatic rings. The fourth-order valence-electron chi connectivity index (χ4n) is 1.28. The van der Waals surface area contributed by atoms with Crippen molar-refractivity contribution in [3.8, 4) is 0 Å². The highest BCUT2D eigenvalue weighted by atomic mass is 32.1. The smallest absolute Gasteiger partial charge is 0.328 e. The average Bonchev–Trinajstić information content (AvgIpc) is 2.50. The first-order valence-electron chi connectivity index (χ1n) is 7.77. The highest BCUT2D eigenvalue weighted by Gasteiger charge is 2.53. The summed E-state index contributed by atoms with van der Waals surface area (Å²) in [6.07, 6.45) is -1.40. The minimum absolute atomic E-state index is 0.0327. The summed E-state index contributed by atoms with van der Waals surface area (Å²) < 4.78 is 47.7. The van der Waals surface area contributed by atoms with Crippen molar-refractivity contribution in [1.29, 1.82) is 0 Å². The molecule has 0 radical (unpaired) electrons. The summed E-state index contributed by atoms with van der Waals surface area (Å²) >= 11 is 0. The highest BCUT2D eigenvalue weighted by molar-refractivity contribution is 8.27. The lowest BCUT2D eigenvalue weighted by Gasteiger charge is -2.30. The van der Waals surface area contributed by atoms with E-state index < -0.39 is 38.9 Å². The minimum Gasteiger partial charge on any atom is -0.328 e.